The van der Waals surface area contributed by atoms with Crippen LogP contribution >= 0.6 is 11.6 Å². The van der Waals surface area contributed by atoms with Gasteiger partial charge in [0, 0.05) is 36.4 Å². The van der Waals surface area contributed by atoms with E-state index in [-0.39, 0.29) is 5.69 Å². The number of primary amides is 1. The molecule has 0 aliphatic heterocycles. The fourth-order valence-corrected chi connectivity index (χ4v) is 4.06. The topological polar surface area (TPSA) is 114 Å². The number of methoxy groups -OCH3 is 1. The fourth-order valence-electron chi connectivity index (χ4n) is 3.94. The van der Waals surface area contributed by atoms with Gasteiger partial charge in [-0.25, -0.2) is 9.50 Å². The maximum Gasteiger partial charge on any atom is 0.269 e. The maximum absolute atomic E-state index is 12.4. The van der Waals surface area contributed by atoms with Crippen LogP contribution < -0.4 is 15.4 Å². The summed E-state index contributed by atoms with van der Waals surface area (Å²) in [6, 6.07) is 16.9. The molecule has 0 radical (unpaired) electrons. The molecule has 0 saturated carbocycles. The summed E-state index contributed by atoms with van der Waals surface area (Å²) < 4.78 is 6.88. The second-order valence-electron chi connectivity index (χ2n) is 8.02. The first kappa shape index (κ1) is 22.4. The molecule has 1 amide bonds. The zero-order chi connectivity index (χ0) is 24.5. The van der Waals surface area contributed by atoms with Crippen molar-refractivity contribution in [2.75, 3.05) is 19.1 Å². The van der Waals surface area contributed by atoms with Gasteiger partial charge in [0.1, 0.15) is 11.6 Å². The molecular weight excluding hydrogens is 466 g/mol. The van der Waals surface area contributed by atoms with Crippen LogP contribution in [-0.2, 0) is 6.54 Å². The second-order valence-corrected chi connectivity index (χ2v) is 8.46. The first-order chi connectivity index (χ1) is 16.9. The number of nitrogens with zero attached hydrogens (tertiary/aromatic N) is 5. The molecule has 35 heavy (non-hydrogen) atoms. The molecule has 0 atom stereocenters. The van der Waals surface area contributed by atoms with Gasteiger partial charge in [-0.05, 0) is 35.4 Å². The smallest absolute Gasteiger partial charge is 0.269 e. The van der Waals surface area contributed by atoms with Crippen LogP contribution in [0.3, 0.4) is 0 Å². The van der Waals surface area contributed by atoms with Gasteiger partial charge in [-0.3, -0.25) is 9.89 Å². The zero-order valence-corrected chi connectivity index (χ0v) is 19.8. The number of hydrogen-bond donors (Lipinski definition) is 2. The molecule has 10 heteroatoms. The summed E-state index contributed by atoms with van der Waals surface area (Å²) in [4.78, 5) is 19.3. The van der Waals surface area contributed by atoms with Gasteiger partial charge in [0.05, 0.1) is 24.6 Å². The van der Waals surface area contributed by atoms with Gasteiger partial charge in [-0.15, -0.1) is 0 Å². The summed E-state index contributed by atoms with van der Waals surface area (Å²) in [7, 11) is 3.59. The highest BCUT2D eigenvalue weighted by atomic mass is 35.5. The van der Waals surface area contributed by atoms with Gasteiger partial charge in [0.2, 0.25) is 0 Å². The monoisotopic (exact) mass is 487 g/mol. The van der Waals surface area contributed by atoms with Crippen LogP contribution in [0, 0.1) is 0 Å². The predicted molar refractivity (Wildman–Crippen MR) is 135 cm³/mol. The van der Waals surface area contributed by atoms with E-state index >= 15 is 0 Å². The van der Waals surface area contributed by atoms with E-state index in [2.05, 4.69) is 15.3 Å². The highest BCUT2D eigenvalue weighted by Gasteiger charge is 2.24. The first-order valence-electron chi connectivity index (χ1n) is 10.8. The summed E-state index contributed by atoms with van der Waals surface area (Å²) >= 11 is 6.10. The Kier molecular flexibility index (Phi) is 5.84. The van der Waals surface area contributed by atoms with E-state index < -0.39 is 5.91 Å². The van der Waals surface area contributed by atoms with Crippen molar-refractivity contribution in [3.8, 4) is 28.1 Å². The van der Waals surface area contributed by atoms with Crippen molar-refractivity contribution in [1.82, 2.24) is 24.8 Å². The minimum Gasteiger partial charge on any atom is -0.497 e. The molecule has 0 fully saturated rings. The number of nitrogens with one attached hydrogen (secondary N) is 1. The van der Waals surface area contributed by atoms with Crippen LogP contribution in [0.2, 0.25) is 5.02 Å². The molecule has 3 N–H and O–H groups in total. The Morgan fingerprint density at radius 3 is 2.51 bits per heavy atom. The molecule has 9 nitrogen and oxygen atoms in total. The number of carbonyl (C=O) groups excluding carboxylic acids is 1. The van der Waals surface area contributed by atoms with Crippen molar-refractivity contribution in [1.29, 1.82) is 0 Å². The molecular formula is C25H22ClN7O2. The number of rotatable bonds is 7. The lowest BCUT2D eigenvalue weighted by atomic mass is 10.1. The molecule has 0 bridgehead atoms. The lowest BCUT2D eigenvalue weighted by Crippen LogP contribution is -2.18. The SMILES string of the molecule is COc1ccc(CN(C)c2cc(-c3cn[nH]c3)n3nc(C(N)=O)c(-c4ccc(Cl)cc4)c3n2)cc1. The molecule has 0 aliphatic rings. The van der Waals surface area contributed by atoms with Crippen molar-refractivity contribution in [2.45, 2.75) is 6.54 Å². The number of hydrogen-bond acceptors (Lipinski definition) is 6. The number of aromatic nitrogens is 5. The Morgan fingerprint density at radius 1 is 1.14 bits per heavy atom. The van der Waals surface area contributed by atoms with E-state index in [9.17, 15) is 4.79 Å². The number of benzene rings is 2. The molecule has 176 valence electrons. The molecule has 0 spiro atoms. The van der Waals surface area contributed by atoms with Crippen LogP contribution in [0.4, 0.5) is 5.82 Å². The first-order valence-corrected chi connectivity index (χ1v) is 11.1. The van der Waals surface area contributed by atoms with E-state index in [1.807, 2.05) is 54.4 Å². The zero-order valence-electron chi connectivity index (χ0n) is 19.1. The fraction of sp³-hybridized carbons (Fsp3) is 0.120. The standard InChI is InChI=1S/C25H22ClN7O2/c1-32(14-15-3-9-19(35-2)10-4-15)21-11-20(17-12-28-29-13-17)33-25(30-21)22(23(31-33)24(27)34)16-5-7-18(26)8-6-16/h3-13H,14H2,1-2H3,(H2,27,34)(H,28,29). The van der Waals surface area contributed by atoms with Crippen molar-refractivity contribution in [3.63, 3.8) is 0 Å². The third kappa shape index (κ3) is 4.29. The number of fused-ring (bicyclic) bond motifs is 1. The third-order valence-electron chi connectivity index (χ3n) is 5.71. The Hall–Kier alpha value is -4.37. The average Bonchev–Trinajstić information content (AvgIpc) is 3.53. The quantitative estimate of drug-likeness (QED) is 0.356. The number of halogens is 1. The summed E-state index contributed by atoms with van der Waals surface area (Å²) in [5.74, 6) is 0.839. The van der Waals surface area contributed by atoms with Crippen LogP contribution in [0.5, 0.6) is 5.75 Å². The molecule has 0 unspecified atom stereocenters. The van der Waals surface area contributed by atoms with Crippen molar-refractivity contribution in [3.05, 3.63) is 83.3 Å². The summed E-state index contributed by atoms with van der Waals surface area (Å²) in [6.45, 7) is 0.602. The number of ether oxygens (including phenoxy) is 1. The molecule has 3 heterocycles. The van der Waals surface area contributed by atoms with E-state index in [1.54, 1.807) is 36.2 Å². The van der Waals surface area contributed by atoms with Crippen molar-refractivity contribution < 1.29 is 9.53 Å². The second kappa shape index (κ2) is 9.11. The molecule has 0 saturated heterocycles. The van der Waals surface area contributed by atoms with Crippen LogP contribution in [0.25, 0.3) is 28.0 Å². The van der Waals surface area contributed by atoms with Gasteiger partial charge >= 0.3 is 0 Å². The van der Waals surface area contributed by atoms with Crippen LogP contribution in [0.1, 0.15) is 16.1 Å². The summed E-state index contributed by atoms with van der Waals surface area (Å²) in [6.07, 6.45) is 3.45. The number of nitrogens with two attached hydrogens (primary N) is 1. The van der Waals surface area contributed by atoms with E-state index in [0.717, 1.165) is 22.4 Å². The van der Waals surface area contributed by atoms with E-state index in [1.165, 1.54) is 0 Å². The van der Waals surface area contributed by atoms with Gasteiger partial charge < -0.3 is 15.4 Å². The molecule has 5 rings (SSSR count). The lowest BCUT2D eigenvalue weighted by Gasteiger charge is -2.20. The number of amides is 1. The number of carbonyl (C=O) groups is 1. The Balaban J connectivity index is 1.69. The number of H-pyrrole nitrogens is 1. The minimum absolute atomic E-state index is 0.125. The van der Waals surface area contributed by atoms with Gasteiger partial charge in [-0.1, -0.05) is 35.9 Å². The third-order valence-corrected chi connectivity index (χ3v) is 5.96. The normalized spacial score (nSPS) is 11.1. The number of aromatic amines is 1. The van der Waals surface area contributed by atoms with Crippen LogP contribution in [-0.4, -0.2) is 44.9 Å². The molecule has 0 aliphatic carbocycles. The summed E-state index contributed by atoms with van der Waals surface area (Å²) in [5.41, 5.74) is 10.2. The molecule has 2 aromatic carbocycles. The largest absolute Gasteiger partial charge is 0.497 e. The van der Waals surface area contributed by atoms with Gasteiger partial charge in [-0.2, -0.15) is 10.2 Å². The van der Waals surface area contributed by atoms with Gasteiger partial charge in [0.25, 0.3) is 5.91 Å². The average molecular weight is 488 g/mol. The van der Waals surface area contributed by atoms with E-state index in [0.29, 0.717) is 34.3 Å². The van der Waals surface area contributed by atoms with Gasteiger partial charge in [0.15, 0.2) is 11.3 Å². The molecule has 3 aromatic heterocycles. The predicted octanol–water partition coefficient (Wildman–Crippen LogP) is 4.18. The highest BCUT2D eigenvalue weighted by molar-refractivity contribution is 6.30. The molecule has 5 aromatic rings. The Morgan fingerprint density at radius 2 is 1.89 bits per heavy atom. The van der Waals surface area contributed by atoms with Crippen molar-refractivity contribution >= 4 is 29.0 Å². The number of anilines is 1. The van der Waals surface area contributed by atoms with Crippen LogP contribution in [0.15, 0.2) is 67.0 Å². The Bertz CT molecular complexity index is 1490. The van der Waals surface area contributed by atoms with Crippen molar-refractivity contribution in [2.24, 2.45) is 5.73 Å². The van der Waals surface area contributed by atoms with E-state index in [4.69, 9.17) is 27.1 Å². The Labute approximate surface area is 206 Å². The minimum atomic E-state index is -0.647. The summed E-state index contributed by atoms with van der Waals surface area (Å²) in [5, 5.41) is 12.0. The highest BCUT2D eigenvalue weighted by Crippen LogP contribution is 2.33. The lowest BCUT2D eigenvalue weighted by molar-refractivity contribution is 0.0996. The maximum atomic E-state index is 12.4.